The first-order valence-electron chi connectivity index (χ1n) is 4.51. The van der Waals surface area contributed by atoms with Crippen molar-refractivity contribution in [3.63, 3.8) is 0 Å². The number of ether oxygens (including phenoxy) is 1. The van der Waals surface area contributed by atoms with Crippen molar-refractivity contribution in [1.82, 2.24) is 9.78 Å². The van der Waals surface area contributed by atoms with Gasteiger partial charge in [0.1, 0.15) is 0 Å². The van der Waals surface area contributed by atoms with E-state index in [0.29, 0.717) is 11.4 Å². The van der Waals surface area contributed by atoms with E-state index < -0.39 is 12.6 Å². The molecule has 0 atom stereocenters. The summed E-state index contributed by atoms with van der Waals surface area (Å²) in [7, 11) is 3.26. The van der Waals surface area contributed by atoms with Gasteiger partial charge in [-0.3, -0.25) is 0 Å². The van der Waals surface area contributed by atoms with Crippen molar-refractivity contribution in [1.29, 1.82) is 0 Å². The summed E-state index contributed by atoms with van der Waals surface area (Å²) in [6.07, 6.45) is 1.38. The Labute approximate surface area is 92.3 Å². The zero-order valence-corrected chi connectivity index (χ0v) is 9.30. The number of aliphatic carboxylic acids is 1. The van der Waals surface area contributed by atoms with Crippen LogP contribution in [0, 0.1) is 6.92 Å². The zero-order chi connectivity index (χ0) is 12.1. The van der Waals surface area contributed by atoms with Crippen LogP contribution in [0.15, 0.2) is 5.16 Å². The lowest BCUT2D eigenvalue weighted by molar-refractivity contribution is -0.142. The predicted molar refractivity (Wildman–Crippen MR) is 55.7 cm³/mol. The van der Waals surface area contributed by atoms with Crippen molar-refractivity contribution in [2.24, 2.45) is 12.2 Å². The monoisotopic (exact) mass is 227 g/mol. The first kappa shape index (κ1) is 12.0. The van der Waals surface area contributed by atoms with Crippen molar-refractivity contribution >= 4 is 12.2 Å². The van der Waals surface area contributed by atoms with E-state index in [0.717, 1.165) is 5.69 Å². The van der Waals surface area contributed by atoms with E-state index in [1.165, 1.54) is 13.3 Å². The highest BCUT2D eigenvalue weighted by Crippen LogP contribution is 2.18. The van der Waals surface area contributed by atoms with Gasteiger partial charge in [-0.25, -0.2) is 9.48 Å². The van der Waals surface area contributed by atoms with Crippen molar-refractivity contribution in [2.45, 2.75) is 6.92 Å². The van der Waals surface area contributed by atoms with Crippen LogP contribution in [0.1, 0.15) is 11.3 Å². The van der Waals surface area contributed by atoms with Crippen LogP contribution in [-0.4, -0.2) is 40.8 Å². The quantitative estimate of drug-likeness (QED) is 0.572. The van der Waals surface area contributed by atoms with Crippen LogP contribution in [0.5, 0.6) is 5.88 Å². The molecular weight excluding hydrogens is 214 g/mol. The molecule has 1 N–H and O–H groups in total. The average molecular weight is 227 g/mol. The van der Waals surface area contributed by atoms with Gasteiger partial charge in [0.05, 0.1) is 24.6 Å². The maximum Gasteiger partial charge on any atom is 0.344 e. The third-order valence-electron chi connectivity index (χ3n) is 1.85. The summed E-state index contributed by atoms with van der Waals surface area (Å²) in [4.78, 5) is 14.7. The molecule has 0 saturated heterocycles. The number of hydrogen-bond acceptors (Lipinski definition) is 5. The van der Waals surface area contributed by atoms with Crippen molar-refractivity contribution in [3.8, 4) is 5.88 Å². The normalized spacial score (nSPS) is 10.7. The second kappa shape index (κ2) is 5.15. The Morgan fingerprint density at radius 3 is 2.94 bits per heavy atom. The van der Waals surface area contributed by atoms with Gasteiger partial charge < -0.3 is 14.7 Å². The van der Waals surface area contributed by atoms with Gasteiger partial charge in [0.25, 0.3) is 0 Å². The summed E-state index contributed by atoms with van der Waals surface area (Å²) in [5, 5.41) is 16.0. The van der Waals surface area contributed by atoms with Crippen LogP contribution in [0.4, 0.5) is 0 Å². The fourth-order valence-corrected chi connectivity index (χ4v) is 1.23. The van der Waals surface area contributed by atoms with Crippen LogP contribution in [0.3, 0.4) is 0 Å². The SMILES string of the molecule is COc1c(C=NOCC(=O)O)c(C)nn1C. The largest absolute Gasteiger partial charge is 0.481 e. The summed E-state index contributed by atoms with van der Waals surface area (Å²) in [5.41, 5.74) is 1.39. The predicted octanol–water partition coefficient (Wildman–Crippen LogP) is 0.172. The minimum atomic E-state index is -1.08. The molecule has 0 spiro atoms. The molecule has 0 unspecified atom stereocenters. The van der Waals surface area contributed by atoms with Crippen LogP contribution in [-0.2, 0) is 16.7 Å². The standard InChI is InChI=1S/C9H13N3O4/c1-6-7(4-10-16-5-8(13)14)9(15-3)12(2)11-6/h4H,5H2,1-3H3,(H,13,14). The maximum absolute atomic E-state index is 10.2. The summed E-state index contributed by atoms with van der Waals surface area (Å²) in [5.74, 6) is -0.535. The second-order valence-corrected chi connectivity index (χ2v) is 3.03. The van der Waals surface area contributed by atoms with E-state index >= 15 is 0 Å². The van der Waals surface area contributed by atoms with Gasteiger partial charge in [-0.05, 0) is 6.92 Å². The molecule has 0 aliphatic rings. The maximum atomic E-state index is 10.2. The molecule has 7 nitrogen and oxygen atoms in total. The van der Waals surface area contributed by atoms with Crippen LogP contribution in [0.2, 0.25) is 0 Å². The number of carbonyl (C=O) groups is 1. The molecule has 0 saturated carbocycles. The van der Waals surface area contributed by atoms with Gasteiger partial charge in [0.15, 0.2) is 0 Å². The van der Waals surface area contributed by atoms with Crippen molar-refractivity contribution in [2.75, 3.05) is 13.7 Å². The first-order valence-corrected chi connectivity index (χ1v) is 4.51. The lowest BCUT2D eigenvalue weighted by Gasteiger charge is -2.00. The Bertz CT molecular complexity index is 411. The number of carboxylic acid groups (broad SMARTS) is 1. The van der Waals surface area contributed by atoms with Crippen LogP contribution >= 0.6 is 0 Å². The Hall–Kier alpha value is -2.05. The highest BCUT2D eigenvalue weighted by Gasteiger charge is 2.11. The molecule has 0 amide bonds. The van der Waals surface area contributed by atoms with Crippen LogP contribution < -0.4 is 4.74 Å². The van der Waals surface area contributed by atoms with E-state index in [4.69, 9.17) is 9.84 Å². The Morgan fingerprint density at radius 1 is 1.69 bits per heavy atom. The third-order valence-corrected chi connectivity index (χ3v) is 1.85. The smallest absolute Gasteiger partial charge is 0.344 e. The summed E-state index contributed by atoms with van der Waals surface area (Å²) in [6, 6.07) is 0. The molecule has 1 rings (SSSR count). The van der Waals surface area contributed by atoms with Gasteiger partial charge >= 0.3 is 5.97 Å². The van der Waals surface area contributed by atoms with Gasteiger partial charge in [0.2, 0.25) is 12.5 Å². The Balaban J connectivity index is 2.76. The second-order valence-electron chi connectivity index (χ2n) is 3.03. The van der Waals surface area contributed by atoms with Crippen LogP contribution in [0.25, 0.3) is 0 Å². The number of nitrogens with zero attached hydrogens (tertiary/aromatic N) is 3. The number of carboxylic acids is 1. The summed E-state index contributed by atoms with van der Waals surface area (Å²) in [6.45, 7) is 1.32. The highest BCUT2D eigenvalue weighted by atomic mass is 16.6. The number of rotatable bonds is 5. The van der Waals surface area contributed by atoms with E-state index in [9.17, 15) is 4.79 Å². The molecule has 88 valence electrons. The van der Waals surface area contributed by atoms with E-state index in [1.54, 1.807) is 18.7 Å². The van der Waals surface area contributed by atoms with E-state index in [2.05, 4.69) is 15.1 Å². The molecule has 0 radical (unpaired) electrons. The van der Waals surface area contributed by atoms with E-state index in [-0.39, 0.29) is 0 Å². The zero-order valence-electron chi connectivity index (χ0n) is 9.30. The summed E-state index contributed by atoms with van der Waals surface area (Å²) >= 11 is 0. The van der Waals surface area contributed by atoms with E-state index in [1.807, 2.05) is 0 Å². The molecule has 0 aliphatic carbocycles. The molecule has 0 aromatic carbocycles. The molecule has 0 bridgehead atoms. The number of oxime groups is 1. The van der Waals surface area contributed by atoms with Gasteiger partial charge in [-0.2, -0.15) is 5.10 Å². The van der Waals surface area contributed by atoms with Gasteiger partial charge in [0, 0.05) is 7.05 Å². The molecule has 0 aliphatic heterocycles. The topological polar surface area (TPSA) is 85.9 Å². The Kier molecular flexibility index (Phi) is 3.87. The van der Waals surface area contributed by atoms with Gasteiger partial charge in [-0.15, -0.1) is 0 Å². The minimum Gasteiger partial charge on any atom is -0.481 e. The lowest BCUT2D eigenvalue weighted by atomic mass is 10.3. The Morgan fingerprint density at radius 2 is 2.38 bits per heavy atom. The van der Waals surface area contributed by atoms with Crippen molar-refractivity contribution < 1.29 is 19.5 Å². The number of hydrogen-bond donors (Lipinski definition) is 1. The molecular formula is C9H13N3O4. The number of aryl methyl sites for hydroxylation is 2. The molecule has 0 fully saturated rings. The van der Waals surface area contributed by atoms with Crippen molar-refractivity contribution in [3.05, 3.63) is 11.3 Å². The molecule has 7 heteroatoms. The number of aromatic nitrogens is 2. The molecule has 1 aromatic heterocycles. The minimum absolute atomic E-state index is 0.474. The highest BCUT2D eigenvalue weighted by molar-refractivity contribution is 5.83. The number of methoxy groups -OCH3 is 1. The molecule has 16 heavy (non-hydrogen) atoms. The molecule has 1 aromatic rings. The first-order chi connectivity index (χ1) is 7.56. The average Bonchev–Trinajstić information content (AvgIpc) is 2.47. The molecule has 1 heterocycles. The fraction of sp³-hybridized carbons (Fsp3) is 0.444. The lowest BCUT2D eigenvalue weighted by Crippen LogP contribution is -2.03. The third kappa shape index (κ3) is 2.72. The fourth-order valence-electron chi connectivity index (χ4n) is 1.23. The summed E-state index contributed by atoms with van der Waals surface area (Å²) < 4.78 is 6.68. The van der Waals surface area contributed by atoms with Gasteiger partial charge in [-0.1, -0.05) is 5.16 Å².